The van der Waals surface area contributed by atoms with Crippen LogP contribution in [0.3, 0.4) is 0 Å². The van der Waals surface area contributed by atoms with Gasteiger partial charge in [0.15, 0.2) is 0 Å². The Morgan fingerprint density at radius 2 is 1.69 bits per heavy atom. The van der Waals surface area contributed by atoms with Crippen LogP contribution in [0.4, 0.5) is 0 Å². The highest BCUT2D eigenvalue weighted by Crippen LogP contribution is 2.63. The average Bonchev–Trinajstić information content (AvgIpc) is 2.69. The van der Waals surface area contributed by atoms with E-state index in [1.165, 1.54) is 0 Å². The van der Waals surface area contributed by atoms with Crippen molar-refractivity contribution in [3.8, 4) is 0 Å². The molecular weight excluding hydrogens is 341 g/mol. The Kier molecular flexibility index (Phi) is 6.48. The lowest BCUT2D eigenvalue weighted by Gasteiger charge is -2.43. The van der Waals surface area contributed by atoms with Crippen LogP contribution in [0.2, 0.25) is 0 Å². The van der Waals surface area contributed by atoms with Gasteiger partial charge < -0.3 is 4.52 Å². The number of hydrogen-bond donors (Lipinski definition) is 0. The second kappa shape index (κ2) is 8.81. The molecule has 0 spiro atoms. The van der Waals surface area contributed by atoms with E-state index in [4.69, 9.17) is 4.52 Å². The molecule has 0 saturated carbocycles. The molecule has 26 heavy (non-hydrogen) atoms. The quantitative estimate of drug-likeness (QED) is 0.440. The van der Waals surface area contributed by atoms with E-state index in [-0.39, 0.29) is 11.7 Å². The fraction of sp³-hybridized carbons (Fsp3) is 0.364. The first kappa shape index (κ1) is 19.1. The lowest BCUT2D eigenvalue weighted by atomic mass is 9.98. The van der Waals surface area contributed by atoms with Crippen LogP contribution in [0.15, 0.2) is 73.3 Å². The van der Waals surface area contributed by atoms with E-state index in [1.807, 2.05) is 42.5 Å². The zero-order valence-corrected chi connectivity index (χ0v) is 16.4. The first-order valence-electron chi connectivity index (χ1n) is 9.43. The molecule has 1 aliphatic heterocycles. The summed E-state index contributed by atoms with van der Waals surface area (Å²) >= 11 is 0. The zero-order valence-electron chi connectivity index (χ0n) is 15.5. The summed E-state index contributed by atoms with van der Waals surface area (Å²) in [6.07, 6.45) is 4.28. The van der Waals surface area contributed by atoms with Crippen molar-refractivity contribution in [2.45, 2.75) is 37.9 Å². The van der Waals surface area contributed by atoms with Gasteiger partial charge in [-0.15, -0.1) is 6.58 Å². The van der Waals surface area contributed by atoms with Gasteiger partial charge in [0.2, 0.25) is 0 Å². The largest absolute Gasteiger partial charge is 0.317 e. The number of rotatable bonds is 7. The van der Waals surface area contributed by atoms with Gasteiger partial charge in [-0.3, -0.25) is 4.57 Å². The molecule has 0 unspecified atom stereocenters. The van der Waals surface area contributed by atoms with Crippen LogP contribution in [-0.4, -0.2) is 23.5 Å². The van der Waals surface area contributed by atoms with Crippen molar-refractivity contribution in [2.75, 3.05) is 13.2 Å². The smallest absolute Gasteiger partial charge is 0.276 e. The standard InChI is InChI=1S/C22H28NO2P/c1-3-12-21(4-2)26(24)23(17-11-18-25-26)22(19-13-7-5-8-14-19)20-15-9-6-10-16-20/h3,5-10,13-16,21-22H,1,4,11-12,17-18H2,2H3/t21-,26+/m0/s1. The average molecular weight is 369 g/mol. The molecule has 0 N–H and O–H groups in total. The van der Waals surface area contributed by atoms with E-state index in [2.05, 4.69) is 42.4 Å². The molecule has 1 heterocycles. The maximum atomic E-state index is 14.1. The van der Waals surface area contributed by atoms with Crippen LogP contribution >= 0.6 is 7.52 Å². The second-order valence-corrected chi connectivity index (χ2v) is 9.35. The van der Waals surface area contributed by atoms with Crippen molar-refractivity contribution in [1.29, 1.82) is 0 Å². The molecule has 2 aromatic carbocycles. The highest BCUT2D eigenvalue weighted by atomic mass is 31.2. The van der Waals surface area contributed by atoms with Crippen molar-refractivity contribution < 1.29 is 9.09 Å². The third-order valence-corrected chi connectivity index (χ3v) is 8.26. The molecule has 0 radical (unpaired) electrons. The Labute approximate surface area is 157 Å². The molecule has 2 aromatic rings. The van der Waals surface area contributed by atoms with Crippen LogP contribution in [0.5, 0.6) is 0 Å². The van der Waals surface area contributed by atoms with E-state index in [1.54, 1.807) is 0 Å². The molecule has 0 amide bonds. The van der Waals surface area contributed by atoms with Crippen molar-refractivity contribution in [1.82, 2.24) is 4.67 Å². The fourth-order valence-corrected chi connectivity index (χ4v) is 6.83. The minimum Gasteiger partial charge on any atom is -0.317 e. The molecule has 3 nitrogen and oxygen atoms in total. The fourth-order valence-electron chi connectivity index (χ4n) is 3.77. The summed E-state index contributed by atoms with van der Waals surface area (Å²) in [6.45, 7) is 7.30. The summed E-state index contributed by atoms with van der Waals surface area (Å²) in [5.74, 6) is 0. The van der Waals surface area contributed by atoms with Crippen LogP contribution in [0, 0.1) is 0 Å². The third kappa shape index (κ3) is 3.86. The molecular formula is C22H28NO2P. The molecule has 2 atom stereocenters. The predicted octanol–water partition coefficient (Wildman–Crippen LogP) is 6.05. The SMILES string of the molecule is C=CC[C@H](CC)[P@@]1(=O)OCCCN1C(c1ccccc1)c1ccccc1. The lowest BCUT2D eigenvalue weighted by Crippen LogP contribution is -2.36. The number of benzene rings is 2. The summed E-state index contributed by atoms with van der Waals surface area (Å²) in [7, 11) is -2.98. The maximum absolute atomic E-state index is 14.1. The number of allylic oxidation sites excluding steroid dienone is 1. The maximum Gasteiger partial charge on any atom is 0.276 e. The molecule has 4 heteroatoms. The van der Waals surface area contributed by atoms with Crippen molar-refractivity contribution in [3.63, 3.8) is 0 Å². The first-order chi connectivity index (χ1) is 12.7. The van der Waals surface area contributed by atoms with E-state index in [9.17, 15) is 4.57 Å². The zero-order chi connectivity index (χ0) is 18.4. The van der Waals surface area contributed by atoms with Crippen molar-refractivity contribution in [2.24, 2.45) is 0 Å². The Bertz CT molecular complexity index is 708. The molecule has 0 aromatic heterocycles. The minimum absolute atomic E-state index is 0.0183. The summed E-state index contributed by atoms with van der Waals surface area (Å²) in [4.78, 5) is 0. The van der Waals surface area contributed by atoms with Crippen LogP contribution in [0.25, 0.3) is 0 Å². The van der Waals surface area contributed by atoms with E-state index >= 15 is 0 Å². The van der Waals surface area contributed by atoms with Gasteiger partial charge in [-0.05, 0) is 30.4 Å². The monoisotopic (exact) mass is 369 g/mol. The minimum atomic E-state index is -2.98. The van der Waals surface area contributed by atoms with E-state index in [0.717, 1.165) is 30.5 Å². The Hall–Kier alpha value is -1.67. The second-order valence-electron chi connectivity index (χ2n) is 6.72. The summed E-state index contributed by atoms with van der Waals surface area (Å²) in [5, 5.41) is 0. The van der Waals surface area contributed by atoms with Gasteiger partial charge in [0.25, 0.3) is 7.52 Å². The predicted molar refractivity (Wildman–Crippen MR) is 109 cm³/mol. The summed E-state index contributed by atoms with van der Waals surface area (Å²) in [6, 6.07) is 20.6. The molecule has 1 saturated heterocycles. The topological polar surface area (TPSA) is 29.5 Å². The van der Waals surface area contributed by atoms with Gasteiger partial charge in [-0.1, -0.05) is 73.7 Å². The molecule has 0 aliphatic carbocycles. The van der Waals surface area contributed by atoms with Gasteiger partial charge >= 0.3 is 0 Å². The normalized spacial score (nSPS) is 22.2. The Morgan fingerprint density at radius 3 is 2.19 bits per heavy atom. The van der Waals surface area contributed by atoms with Crippen LogP contribution < -0.4 is 0 Å². The van der Waals surface area contributed by atoms with E-state index in [0.29, 0.717) is 13.0 Å². The molecule has 138 valence electrons. The van der Waals surface area contributed by atoms with Crippen LogP contribution in [-0.2, 0) is 9.09 Å². The summed E-state index contributed by atoms with van der Waals surface area (Å²) < 4.78 is 22.3. The van der Waals surface area contributed by atoms with Gasteiger partial charge in [-0.25, -0.2) is 4.67 Å². The van der Waals surface area contributed by atoms with Crippen LogP contribution in [0.1, 0.15) is 43.4 Å². The molecule has 0 bridgehead atoms. The molecule has 1 fully saturated rings. The van der Waals surface area contributed by atoms with Gasteiger partial charge in [0.05, 0.1) is 18.3 Å². The highest BCUT2D eigenvalue weighted by Gasteiger charge is 2.45. The number of nitrogens with zero attached hydrogens (tertiary/aromatic N) is 1. The Balaban J connectivity index is 2.09. The van der Waals surface area contributed by atoms with E-state index < -0.39 is 7.52 Å². The van der Waals surface area contributed by atoms with Gasteiger partial charge in [0, 0.05) is 6.54 Å². The molecule has 1 aliphatic rings. The molecule has 3 rings (SSSR count). The Morgan fingerprint density at radius 1 is 1.12 bits per heavy atom. The van der Waals surface area contributed by atoms with Gasteiger partial charge in [-0.2, -0.15) is 0 Å². The van der Waals surface area contributed by atoms with Gasteiger partial charge in [0.1, 0.15) is 0 Å². The third-order valence-electron chi connectivity index (χ3n) is 5.07. The number of hydrogen-bond acceptors (Lipinski definition) is 2. The van der Waals surface area contributed by atoms with Crippen molar-refractivity contribution >= 4 is 7.52 Å². The highest BCUT2D eigenvalue weighted by molar-refractivity contribution is 7.57. The summed E-state index contributed by atoms with van der Waals surface area (Å²) in [5.41, 5.74) is 2.28. The van der Waals surface area contributed by atoms with Crippen molar-refractivity contribution in [3.05, 3.63) is 84.4 Å². The first-order valence-corrected chi connectivity index (χ1v) is 11.1. The lowest BCUT2D eigenvalue weighted by molar-refractivity contribution is 0.182.